The van der Waals surface area contributed by atoms with E-state index < -0.39 is 11.7 Å². The van der Waals surface area contributed by atoms with Crippen molar-refractivity contribution >= 4 is 16.9 Å². The molecule has 8 heteroatoms. The number of hydrogen-bond donors (Lipinski definition) is 3. The Labute approximate surface area is 174 Å². The molecule has 3 aromatic rings. The van der Waals surface area contributed by atoms with Crippen molar-refractivity contribution in [1.29, 1.82) is 0 Å². The molecule has 0 bridgehead atoms. The molecular formula is C22H27N5O3. The number of fused-ring (bicyclic) bond motifs is 5. The van der Waals surface area contributed by atoms with Gasteiger partial charge in [-0.1, -0.05) is 5.16 Å². The van der Waals surface area contributed by atoms with Gasteiger partial charge in [-0.3, -0.25) is 0 Å². The molecule has 0 aliphatic heterocycles. The van der Waals surface area contributed by atoms with Crippen LogP contribution in [-0.2, 0) is 6.42 Å². The van der Waals surface area contributed by atoms with Gasteiger partial charge in [0.05, 0.1) is 22.7 Å². The summed E-state index contributed by atoms with van der Waals surface area (Å²) < 4.78 is 8.01. The number of aliphatic hydroxyl groups is 2. The first-order valence-corrected chi connectivity index (χ1v) is 10.9. The number of hydrogen-bond acceptors (Lipinski definition) is 7. The van der Waals surface area contributed by atoms with E-state index in [1.807, 2.05) is 13.8 Å². The SMILES string of the molecule is CC(C)(O)[C@H]1C[C@@H](n2c3c(c4c(N)ncnc42)-c2noc(C4CC4)c2C(O)CC3)C1. The monoisotopic (exact) mass is 409 g/mol. The predicted octanol–water partition coefficient (Wildman–Crippen LogP) is 3.25. The average Bonchev–Trinajstić information content (AvgIpc) is 3.34. The van der Waals surface area contributed by atoms with Crippen LogP contribution in [0.3, 0.4) is 0 Å². The van der Waals surface area contributed by atoms with Gasteiger partial charge in [0, 0.05) is 23.2 Å². The molecule has 30 heavy (non-hydrogen) atoms. The Morgan fingerprint density at radius 2 is 1.97 bits per heavy atom. The van der Waals surface area contributed by atoms with Crippen molar-refractivity contribution in [1.82, 2.24) is 19.7 Å². The van der Waals surface area contributed by atoms with E-state index in [2.05, 4.69) is 19.7 Å². The fourth-order valence-electron chi connectivity index (χ4n) is 5.34. The Morgan fingerprint density at radius 3 is 2.67 bits per heavy atom. The third-order valence-electron chi connectivity index (χ3n) is 7.32. The number of aromatic nitrogens is 4. The molecule has 3 heterocycles. The minimum atomic E-state index is -0.695. The molecule has 2 saturated carbocycles. The zero-order valence-electron chi connectivity index (χ0n) is 17.3. The van der Waals surface area contributed by atoms with Crippen molar-refractivity contribution in [2.75, 3.05) is 5.73 Å². The third-order valence-corrected chi connectivity index (χ3v) is 7.32. The molecule has 1 unspecified atom stereocenters. The summed E-state index contributed by atoms with van der Waals surface area (Å²) in [5, 5.41) is 26.6. The molecule has 1 atom stereocenters. The summed E-state index contributed by atoms with van der Waals surface area (Å²) in [4.78, 5) is 8.86. The topological polar surface area (TPSA) is 123 Å². The molecule has 0 amide bonds. The Bertz CT molecular complexity index is 1150. The molecule has 3 aromatic heterocycles. The van der Waals surface area contributed by atoms with E-state index in [1.165, 1.54) is 6.33 Å². The van der Waals surface area contributed by atoms with Crippen LogP contribution in [0.4, 0.5) is 5.82 Å². The third kappa shape index (κ3) is 2.50. The van der Waals surface area contributed by atoms with Crippen LogP contribution in [0.15, 0.2) is 10.9 Å². The molecule has 0 spiro atoms. The second kappa shape index (κ2) is 6.04. The van der Waals surface area contributed by atoms with Crippen molar-refractivity contribution in [2.45, 2.75) is 76.0 Å². The summed E-state index contributed by atoms with van der Waals surface area (Å²) in [6.45, 7) is 3.75. The molecule has 3 aliphatic rings. The Balaban J connectivity index is 1.56. The lowest BCUT2D eigenvalue weighted by molar-refractivity contribution is -0.0389. The van der Waals surface area contributed by atoms with E-state index in [0.29, 0.717) is 30.3 Å². The second-order valence-electron chi connectivity index (χ2n) is 9.76. The van der Waals surface area contributed by atoms with Crippen molar-refractivity contribution in [3.05, 3.63) is 23.3 Å². The molecular weight excluding hydrogens is 382 g/mol. The highest BCUT2D eigenvalue weighted by atomic mass is 16.5. The van der Waals surface area contributed by atoms with Gasteiger partial charge >= 0.3 is 0 Å². The van der Waals surface area contributed by atoms with Crippen LogP contribution in [0.25, 0.3) is 22.3 Å². The number of rotatable bonds is 3. The highest BCUT2D eigenvalue weighted by molar-refractivity contribution is 6.02. The van der Waals surface area contributed by atoms with Crippen LogP contribution in [0, 0.1) is 5.92 Å². The predicted molar refractivity (Wildman–Crippen MR) is 111 cm³/mol. The minimum absolute atomic E-state index is 0.232. The van der Waals surface area contributed by atoms with Crippen LogP contribution in [0.1, 0.15) is 81.0 Å². The van der Waals surface area contributed by atoms with Gasteiger partial charge in [0.25, 0.3) is 0 Å². The van der Waals surface area contributed by atoms with E-state index in [-0.39, 0.29) is 12.0 Å². The van der Waals surface area contributed by atoms with Gasteiger partial charge in [0.15, 0.2) is 0 Å². The lowest BCUT2D eigenvalue weighted by Gasteiger charge is -2.44. The first kappa shape index (κ1) is 18.3. The molecule has 158 valence electrons. The molecule has 2 fully saturated rings. The maximum Gasteiger partial charge on any atom is 0.146 e. The quantitative estimate of drug-likeness (QED) is 0.607. The Morgan fingerprint density at radius 1 is 1.20 bits per heavy atom. The van der Waals surface area contributed by atoms with Gasteiger partial charge in [-0.25, -0.2) is 9.97 Å². The van der Waals surface area contributed by atoms with Crippen LogP contribution < -0.4 is 5.73 Å². The minimum Gasteiger partial charge on any atom is -0.390 e. The molecule has 4 N–H and O–H groups in total. The Hall–Kier alpha value is -2.45. The normalized spacial score (nSPS) is 26.2. The van der Waals surface area contributed by atoms with Gasteiger partial charge in [0.1, 0.15) is 29.2 Å². The van der Waals surface area contributed by atoms with Crippen LogP contribution in [0.2, 0.25) is 0 Å². The first-order valence-electron chi connectivity index (χ1n) is 10.9. The van der Waals surface area contributed by atoms with Gasteiger partial charge < -0.3 is 25.0 Å². The zero-order chi connectivity index (χ0) is 20.8. The van der Waals surface area contributed by atoms with Crippen molar-refractivity contribution in [3.8, 4) is 11.3 Å². The first-order chi connectivity index (χ1) is 14.3. The number of nitrogen functional groups attached to an aromatic ring is 1. The lowest BCUT2D eigenvalue weighted by atomic mass is 9.71. The molecule has 0 saturated heterocycles. The van der Waals surface area contributed by atoms with E-state index in [4.69, 9.17) is 10.3 Å². The smallest absolute Gasteiger partial charge is 0.146 e. The van der Waals surface area contributed by atoms with Crippen LogP contribution >= 0.6 is 0 Å². The van der Waals surface area contributed by atoms with E-state index >= 15 is 0 Å². The van der Waals surface area contributed by atoms with Crippen molar-refractivity contribution < 1.29 is 14.7 Å². The number of nitrogens with two attached hydrogens (primary N) is 1. The summed E-state index contributed by atoms with van der Waals surface area (Å²) in [6, 6.07) is 0.232. The molecule has 0 radical (unpaired) electrons. The summed E-state index contributed by atoms with van der Waals surface area (Å²) in [5.74, 6) is 1.85. The van der Waals surface area contributed by atoms with Gasteiger partial charge in [0.2, 0.25) is 0 Å². The van der Waals surface area contributed by atoms with Crippen LogP contribution in [0.5, 0.6) is 0 Å². The summed E-state index contributed by atoms with van der Waals surface area (Å²) in [7, 11) is 0. The molecule has 0 aromatic carbocycles. The average molecular weight is 409 g/mol. The highest BCUT2D eigenvalue weighted by Crippen LogP contribution is 2.53. The fraction of sp³-hybridized carbons (Fsp3) is 0.591. The van der Waals surface area contributed by atoms with E-state index in [9.17, 15) is 10.2 Å². The molecule has 6 rings (SSSR count). The largest absolute Gasteiger partial charge is 0.390 e. The van der Waals surface area contributed by atoms with Crippen molar-refractivity contribution in [2.24, 2.45) is 5.92 Å². The highest BCUT2D eigenvalue weighted by Gasteiger charge is 2.44. The number of anilines is 1. The van der Waals surface area contributed by atoms with Gasteiger partial charge in [-0.15, -0.1) is 0 Å². The van der Waals surface area contributed by atoms with Gasteiger partial charge in [-0.2, -0.15) is 0 Å². The standard InChI is InChI=1S/C22H27N5O3/c1-22(2,29)11-7-12(8-11)27-13-5-6-14(28)16-18(26-30-19(16)10-3-4-10)15(13)17-20(23)24-9-25-21(17)27/h9-12,14,28-29H,3-8H2,1-2H3,(H2,23,24,25)/t11-,12+,14?. The van der Waals surface area contributed by atoms with E-state index in [1.54, 1.807) is 0 Å². The molecule has 3 aliphatic carbocycles. The Kier molecular flexibility index (Phi) is 3.69. The summed E-state index contributed by atoms with van der Waals surface area (Å²) >= 11 is 0. The molecule has 8 nitrogen and oxygen atoms in total. The number of aliphatic hydroxyl groups excluding tert-OH is 1. The fourth-order valence-corrected chi connectivity index (χ4v) is 5.34. The summed E-state index contributed by atoms with van der Waals surface area (Å²) in [5.41, 5.74) is 9.98. The van der Waals surface area contributed by atoms with Crippen molar-refractivity contribution in [3.63, 3.8) is 0 Å². The van der Waals surface area contributed by atoms with E-state index in [0.717, 1.165) is 59.3 Å². The second-order valence-corrected chi connectivity index (χ2v) is 9.76. The maximum absolute atomic E-state index is 11.0. The van der Waals surface area contributed by atoms with Gasteiger partial charge in [-0.05, 0) is 58.3 Å². The zero-order valence-corrected chi connectivity index (χ0v) is 17.3. The maximum atomic E-state index is 11.0. The van der Waals surface area contributed by atoms with Crippen LogP contribution in [-0.4, -0.2) is 35.5 Å². The number of nitrogens with zero attached hydrogens (tertiary/aromatic N) is 4. The lowest BCUT2D eigenvalue weighted by Crippen LogP contribution is -2.41. The summed E-state index contributed by atoms with van der Waals surface area (Å²) in [6.07, 6.45) is 6.13.